The van der Waals surface area contributed by atoms with Crippen molar-refractivity contribution in [3.63, 3.8) is 0 Å². The van der Waals surface area contributed by atoms with Crippen LogP contribution in [0.15, 0.2) is 4.91 Å². The number of allylic oxidation sites excluding steroid dienone is 1. The van der Waals surface area contributed by atoms with Gasteiger partial charge in [0.15, 0.2) is 16.1 Å². The van der Waals surface area contributed by atoms with E-state index in [1.54, 1.807) is 0 Å². The van der Waals surface area contributed by atoms with Gasteiger partial charge in [0.25, 0.3) is 0 Å². The molecule has 0 N–H and O–H groups in total. The van der Waals surface area contributed by atoms with Gasteiger partial charge in [-0.1, -0.05) is 0 Å². The van der Waals surface area contributed by atoms with E-state index in [9.17, 15) is 18.0 Å². The fourth-order valence-electron chi connectivity index (χ4n) is 0.869. The summed E-state index contributed by atoms with van der Waals surface area (Å²) in [7, 11) is -5.81. The van der Waals surface area contributed by atoms with Gasteiger partial charge in [0.1, 0.15) is 12.0 Å². The zero-order valence-electron chi connectivity index (χ0n) is 8.20. The quantitative estimate of drug-likeness (QED) is 0.284. The van der Waals surface area contributed by atoms with Gasteiger partial charge in [-0.2, -0.15) is 13.2 Å². The van der Waals surface area contributed by atoms with Crippen LogP contribution in [0.1, 0.15) is 12.8 Å². The van der Waals surface area contributed by atoms with Gasteiger partial charge in [-0.05, 0) is 0 Å². The van der Waals surface area contributed by atoms with E-state index >= 15 is 0 Å². The zero-order valence-corrected chi connectivity index (χ0v) is 9.84. The first-order chi connectivity index (χ1) is 7.09. The Morgan fingerprint density at radius 2 is 1.88 bits per heavy atom. The van der Waals surface area contributed by atoms with Crippen LogP contribution in [0.5, 0.6) is 0 Å². The summed E-state index contributed by atoms with van der Waals surface area (Å²) in [5, 5.41) is 0. The molecule has 0 saturated carbocycles. The first-order valence-corrected chi connectivity index (χ1v) is 7.19. The summed E-state index contributed by atoms with van der Waals surface area (Å²) in [6.45, 7) is 0. The Balaban J connectivity index is 0.000000281. The molecule has 9 heteroatoms. The van der Waals surface area contributed by atoms with E-state index in [2.05, 4.69) is 6.26 Å². The molecule has 1 rings (SSSR count). The maximum atomic E-state index is 10.7. The van der Waals surface area contributed by atoms with E-state index < -0.39 is 15.6 Å². The van der Waals surface area contributed by atoms with Crippen molar-refractivity contribution in [3.8, 4) is 0 Å². The summed E-state index contributed by atoms with van der Waals surface area (Å²) in [5.41, 5.74) is -5.65. The molecule has 1 aliphatic heterocycles. The molecular formula is C7H9F3O4S2. The Labute approximate surface area is 93.6 Å². The first kappa shape index (κ1) is 15.5. The third-order valence-corrected chi connectivity index (χ3v) is 4.27. The van der Waals surface area contributed by atoms with Gasteiger partial charge < -0.3 is 4.55 Å². The monoisotopic (exact) mass is 278 g/mol. The highest BCUT2D eigenvalue weighted by Gasteiger charge is 2.36. The fourth-order valence-corrected chi connectivity index (χ4v) is 2.33. The summed E-state index contributed by atoms with van der Waals surface area (Å²) in [5.74, 6) is 3.21. The van der Waals surface area contributed by atoms with Crippen molar-refractivity contribution >= 4 is 27.0 Å². The van der Waals surface area contributed by atoms with Gasteiger partial charge in [-0.15, -0.1) is 0 Å². The Morgan fingerprint density at radius 3 is 2.00 bits per heavy atom. The lowest BCUT2D eigenvalue weighted by Gasteiger charge is -2.08. The Kier molecular flexibility index (Phi) is 5.54. The molecule has 0 radical (unpaired) electrons. The Morgan fingerprint density at radius 1 is 1.44 bits per heavy atom. The molecule has 1 atom stereocenters. The van der Waals surface area contributed by atoms with Crippen molar-refractivity contribution in [1.82, 2.24) is 0 Å². The summed E-state index contributed by atoms with van der Waals surface area (Å²) in [6, 6.07) is 0. The van der Waals surface area contributed by atoms with Crippen LogP contribution in [0.3, 0.4) is 0 Å². The van der Waals surface area contributed by atoms with E-state index in [-0.39, 0.29) is 10.9 Å². The second kappa shape index (κ2) is 5.72. The molecular weight excluding hydrogens is 269 g/mol. The van der Waals surface area contributed by atoms with Crippen LogP contribution >= 0.6 is 0 Å². The maximum absolute atomic E-state index is 10.7. The molecule has 1 fully saturated rings. The lowest BCUT2D eigenvalue weighted by Crippen LogP contribution is -2.21. The lowest BCUT2D eigenvalue weighted by atomic mass is 10.3. The van der Waals surface area contributed by atoms with Crippen LogP contribution in [-0.2, 0) is 25.8 Å². The van der Waals surface area contributed by atoms with Crippen molar-refractivity contribution < 1.29 is 30.9 Å². The molecule has 0 spiro atoms. The van der Waals surface area contributed by atoms with Crippen LogP contribution < -0.4 is 0 Å². The molecule has 0 aromatic carbocycles. The first-order valence-electron chi connectivity index (χ1n) is 3.98. The third-order valence-electron chi connectivity index (χ3n) is 1.67. The van der Waals surface area contributed by atoms with E-state index in [1.807, 2.05) is 5.94 Å². The van der Waals surface area contributed by atoms with Crippen molar-refractivity contribution in [3.05, 3.63) is 4.91 Å². The highest BCUT2D eigenvalue weighted by atomic mass is 32.2. The normalized spacial score (nSPS) is 21.1. The van der Waals surface area contributed by atoms with Gasteiger partial charge in [0, 0.05) is 23.7 Å². The molecule has 4 nitrogen and oxygen atoms in total. The minimum Gasteiger partial charge on any atom is -0.741 e. The average Bonchev–Trinajstić information content (AvgIpc) is 2.48. The number of carbonyl (C=O) groups excluding carboxylic acids is 1. The predicted molar refractivity (Wildman–Crippen MR) is 52.3 cm³/mol. The van der Waals surface area contributed by atoms with E-state index in [0.29, 0.717) is 0 Å². The SMILES string of the molecule is C[S+]1CCCC1=C=O.O=S(=O)([O-])C(F)(F)F. The number of alkyl halides is 3. The van der Waals surface area contributed by atoms with Crippen molar-refractivity contribution in [2.24, 2.45) is 0 Å². The highest BCUT2D eigenvalue weighted by molar-refractivity contribution is 8.00. The fraction of sp³-hybridized carbons (Fsp3) is 0.714. The van der Waals surface area contributed by atoms with Gasteiger partial charge in [0.2, 0.25) is 4.91 Å². The van der Waals surface area contributed by atoms with Crippen LogP contribution in [0.4, 0.5) is 13.2 Å². The second-order valence-electron chi connectivity index (χ2n) is 2.87. The largest absolute Gasteiger partial charge is 0.741 e. The minimum absolute atomic E-state index is 0.282. The molecule has 1 saturated heterocycles. The molecule has 1 heterocycles. The van der Waals surface area contributed by atoms with Crippen LogP contribution in [0.2, 0.25) is 0 Å². The second-order valence-corrected chi connectivity index (χ2v) is 6.42. The van der Waals surface area contributed by atoms with Gasteiger partial charge >= 0.3 is 5.51 Å². The predicted octanol–water partition coefficient (Wildman–Crippen LogP) is 0.795. The topological polar surface area (TPSA) is 74.3 Å². The molecule has 16 heavy (non-hydrogen) atoms. The number of halogens is 3. The third kappa shape index (κ3) is 5.02. The van der Waals surface area contributed by atoms with Crippen LogP contribution in [0.25, 0.3) is 0 Å². The Hall–Kier alpha value is -0.500. The van der Waals surface area contributed by atoms with Crippen molar-refractivity contribution in [2.75, 3.05) is 12.0 Å². The molecule has 94 valence electrons. The molecule has 1 unspecified atom stereocenters. The molecule has 0 bridgehead atoms. The van der Waals surface area contributed by atoms with Gasteiger partial charge in [-0.3, -0.25) is 0 Å². The van der Waals surface area contributed by atoms with Gasteiger partial charge in [-0.25, -0.2) is 13.2 Å². The molecule has 0 aliphatic carbocycles. The summed E-state index contributed by atoms with van der Waals surface area (Å²) < 4.78 is 58.9. The van der Waals surface area contributed by atoms with Gasteiger partial charge in [0.05, 0.1) is 0 Å². The van der Waals surface area contributed by atoms with E-state index in [4.69, 9.17) is 13.0 Å². The lowest BCUT2D eigenvalue weighted by molar-refractivity contribution is -0.0517. The van der Waals surface area contributed by atoms with E-state index in [1.165, 1.54) is 12.2 Å². The molecule has 0 aromatic rings. The summed E-state index contributed by atoms with van der Waals surface area (Å²) >= 11 is 0. The molecule has 0 amide bonds. The smallest absolute Gasteiger partial charge is 0.485 e. The Bertz CT molecular complexity index is 381. The average molecular weight is 278 g/mol. The summed E-state index contributed by atoms with van der Waals surface area (Å²) in [4.78, 5) is 11.1. The van der Waals surface area contributed by atoms with Crippen molar-refractivity contribution in [2.45, 2.75) is 18.3 Å². The highest BCUT2D eigenvalue weighted by Crippen LogP contribution is 2.21. The molecule has 0 aromatic heterocycles. The number of hydrogen-bond donors (Lipinski definition) is 0. The maximum Gasteiger partial charge on any atom is 0.485 e. The molecule has 1 aliphatic rings. The minimum atomic E-state index is -6.09. The summed E-state index contributed by atoms with van der Waals surface area (Å²) in [6.07, 6.45) is 4.32. The number of hydrogen-bond acceptors (Lipinski definition) is 4. The van der Waals surface area contributed by atoms with Crippen LogP contribution in [-0.4, -0.2) is 36.4 Å². The van der Waals surface area contributed by atoms with Crippen molar-refractivity contribution in [1.29, 1.82) is 0 Å². The zero-order chi connectivity index (χ0) is 13.0. The number of rotatable bonds is 0. The standard InChI is InChI=1S/C6H9OS.CHF3O3S/c1-8-4-2-3-6(8)5-7;2-1(3,4)8(5,6)7/h2-4H2,1H3;(H,5,6,7)/q+1;/p-1. The van der Waals surface area contributed by atoms with Crippen LogP contribution in [0, 0.1) is 0 Å². The van der Waals surface area contributed by atoms with E-state index in [0.717, 1.165) is 11.3 Å².